The highest BCUT2D eigenvalue weighted by Crippen LogP contribution is 2.22. The minimum Gasteiger partial charge on any atom is -0.221 e. The molecule has 0 bridgehead atoms. The largest absolute Gasteiger partial charge is 0.221 e. The predicted molar refractivity (Wildman–Crippen MR) is 55.1 cm³/mol. The summed E-state index contributed by atoms with van der Waals surface area (Å²) in [6, 6.07) is 1.72. The molecule has 0 aliphatic heterocycles. The first-order valence-electron chi connectivity index (χ1n) is 3.91. The molecule has 5 heteroatoms. The average molecular weight is 261 g/mol. The third kappa shape index (κ3) is 1.44. The van der Waals surface area contributed by atoms with E-state index in [9.17, 15) is 0 Å². The van der Waals surface area contributed by atoms with E-state index in [2.05, 4.69) is 26.0 Å². The van der Waals surface area contributed by atoms with Crippen LogP contribution in [0.1, 0.15) is 12.6 Å². The van der Waals surface area contributed by atoms with Crippen LogP contribution in [-0.2, 0) is 6.42 Å². The van der Waals surface area contributed by atoms with E-state index in [4.69, 9.17) is 11.6 Å². The second kappa shape index (κ2) is 3.27. The molecular weight excluding hydrogens is 253 g/mol. The summed E-state index contributed by atoms with van der Waals surface area (Å²) in [4.78, 5) is 4.16. The molecule has 0 saturated carbocycles. The molecule has 0 amide bonds. The first-order valence-corrected chi connectivity index (χ1v) is 5.08. The van der Waals surface area contributed by atoms with Gasteiger partial charge in [-0.1, -0.05) is 18.5 Å². The number of aromatic nitrogens is 3. The Morgan fingerprint density at radius 1 is 1.62 bits per heavy atom. The fraction of sp³-hybridized carbons (Fsp3) is 0.250. The third-order valence-corrected chi connectivity index (χ3v) is 2.82. The van der Waals surface area contributed by atoms with Crippen molar-refractivity contribution in [2.45, 2.75) is 13.3 Å². The van der Waals surface area contributed by atoms with E-state index in [0.717, 1.165) is 22.2 Å². The highest BCUT2D eigenvalue weighted by Gasteiger charge is 2.09. The molecule has 0 radical (unpaired) electrons. The van der Waals surface area contributed by atoms with Crippen molar-refractivity contribution in [2.24, 2.45) is 0 Å². The van der Waals surface area contributed by atoms with Crippen molar-refractivity contribution < 1.29 is 0 Å². The van der Waals surface area contributed by atoms with Crippen molar-refractivity contribution in [3.63, 3.8) is 0 Å². The van der Waals surface area contributed by atoms with Crippen molar-refractivity contribution in [2.75, 3.05) is 0 Å². The lowest BCUT2D eigenvalue weighted by atomic mass is 10.3. The molecule has 0 aliphatic carbocycles. The van der Waals surface area contributed by atoms with Crippen LogP contribution in [0.3, 0.4) is 0 Å². The van der Waals surface area contributed by atoms with Crippen molar-refractivity contribution >= 4 is 33.2 Å². The third-order valence-electron chi connectivity index (χ3n) is 1.80. The lowest BCUT2D eigenvalue weighted by Crippen LogP contribution is -1.89. The van der Waals surface area contributed by atoms with Gasteiger partial charge in [0.05, 0.1) is 10.2 Å². The van der Waals surface area contributed by atoms with Gasteiger partial charge in [0.2, 0.25) is 0 Å². The molecule has 68 valence electrons. The molecule has 2 aromatic heterocycles. The van der Waals surface area contributed by atoms with Gasteiger partial charge in [-0.15, -0.1) is 0 Å². The van der Waals surface area contributed by atoms with Gasteiger partial charge in [-0.05, 0) is 28.4 Å². The van der Waals surface area contributed by atoms with Gasteiger partial charge in [0.1, 0.15) is 5.15 Å². The maximum atomic E-state index is 5.77. The average Bonchev–Trinajstić information content (AvgIpc) is 2.44. The molecule has 3 nitrogen and oxygen atoms in total. The van der Waals surface area contributed by atoms with E-state index in [0.29, 0.717) is 5.15 Å². The molecule has 0 spiro atoms. The number of hydrogen-bond acceptors (Lipinski definition) is 2. The van der Waals surface area contributed by atoms with Crippen LogP contribution >= 0.6 is 27.5 Å². The first-order chi connectivity index (χ1) is 6.22. The maximum absolute atomic E-state index is 5.77. The Hall–Kier alpha value is -0.610. The van der Waals surface area contributed by atoms with E-state index < -0.39 is 0 Å². The predicted octanol–water partition coefficient (Wildman–Crippen LogP) is 2.71. The summed E-state index contributed by atoms with van der Waals surface area (Å²) in [5.41, 5.74) is 1.76. The maximum Gasteiger partial charge on any atom is 0.171 e. The number of hydrogen-bond donors (Lipinski definition) is 0. The van der Waals surface area contributed by atoms with Crippen molar-refractivity contribution in [1.29, 1.82) is 0 Å². The number of halogens is 2. The van der Waals surface area contributed by atoms with Gasteiger partial charge in [-0.2, -0.15) is 5.10 Å². The Morgan fingerprint density at radius 3 is 3.08 bits per heavy atom. The van der Waals surface area contributed by atoms with E-state index in [1.165, 1.54) is 0 Å². The lowest BCUT2D eigenvalue weighted by Gasteiger charge is -1.91. The van der Waals surface area contributed by atoms with E-state index in [1.807, 2.05) is 6.92 Å². The zero-order chi connectivity index (χ0) is 9.42. The van der Waals surface area contributed by atoms with Crippen LogP contribution in [0.2, 0.25) is 5.15 Å². The summed E-state index contributed by atoms with van der Waals surface area (Å²) < 4.78 is 2.65. The summed E-state index contributed by atoms with van der Waals surface area (Å²) in [6.07, 6.45) is 2.68. The molecule has 2 heterocycles. The Morgan fingerprint density at radius 2 is 2.38 bits per heavy atom. The van der Waals surface area contributed by atoms with Gasteiger partial charge in [0, 0.05) is 6.20 Å². The van der Waals surface area contributed by atoms with Crippen LogP contribution in [0.4, 0.5) is 0 Å². The fourth-order valence-electron chi connectivity index (χ4n) is 1.15. The number of aryl methyl sites for hydroxylation is 1. The van der Waals surface area contributed by atoms with Crippen molar-refractivity contribution in [3.05, 3.63) is 27.6 Å². The monoisotopic (exact) mass is 259 g/mol. The second-order valence-corrected chi connectivity index (χ2v) is 3.81. The highest BCUT2D eigenvalue weighted by atomic mass is 79.9. The van der Waals surface area contributed by atoms with Crippen LogP contribution in [0.5, 0.6) is 0 Å². The Labute approximate surface area is 88.9 Å². The van der Waals surface area contributed by atoms with Crippen molar-refractivity contribution in [3.8, 4) is 0 Å². The van der Waals surface area contributed by atoms with Crippen molar-refractivity contribution in [1.82, 2.24) is 14.6 Å². The Balaban J connectivity index is 2.77. The van der Waals surface area contributed by atoms with Crippen LogP contribution in [0.15, 0.2) is 16.7 Å². The minimum absolute atomic E-state index is 0.482. The summed E-state index contributed by atoms with van der Waals surface area (Å²) >= 11 is 9.21. The molecule has 0 unspecified atom stereocenters. The number of fused-ring (bicyclic) bond motifs is 1. The normalized spacial score (nSPS) is 11.0. The zero-order valence-corrected chi connectivity index (χ0v) is 9.30. The van der Waals surface area contributed by atoms with Gasteiger partial charge in [0.25, 0.3) is 0 Å². The van der Waals surface area contributed by atoms with Gasteiger partial charge < -0.3 is 0 Å². The number of nitrogens with zero attached hydrogens (tertiary/aromatic N) is 3. The standard InChI is InChI=1S/C8H7BrClN3/c1-2-5-7(9)8-11-6(10)3-4-13(8)12-5/h3-4H,2H2,1H3. The summed E-state index contributed by atoms with van der Waals surface area (Å²) in [5.74, 6) is 0. The van der Waals surface area contributed by atoms with E-state index in [1.54, 1.807) is 16.8 Å². The van der Waals surface area contributed by atoms with Gasteiger partial charge in [-0.25, -0.2) is 9.50 Å². The molecule has 0 fully saturated rings. The molecule has 0 N–H and O–H groups in total. The SMILES string of the molecule is CCc1nn2ccc(Cl)nc2c1Br. The molecule has 2 rings (SSSR count). The molecule has 0 saturated heterocycles. The summed E-state index contributed by atoms with van der Waals surface area (Å²) in [5, 5.41) is 4.80. The quantitative estimate of drug-likeness (QED) is 0.738. The minimum atomic E-state index is 0.482. The summed E-state index contributed by atoms with van der Waals surface area (Å²) in [7, 11) is 0. The van der Waals surface area contributed by atoms with Gasteiger partial charge >= 0.3 is 0 Å². The summed E-state index contributed by atoms with van der Waals surface area (Å²) in [6.45, 7) is 2.05. The highest BCUT2D eigenvalue weighted by molar-refractivity contribution is 9.10. The van der Waals surface area contributed by atoms with Crippen LogP contribution in [0.25, 0.3) is 5.65 Å². The van der Waals surface area contributed by atoms with E-state index in [-0.39, 0.29) is 0 Å². The molecule has 13 heavy (non-hydrogen) atoms. The lowest BCUT2D eigenvalue weighted by molar-refractivity contribution is 0.886. The zero-order valence-electron chi connectivity index (χ0n) is 6.96. The van der Waals surface area contributed by atoms with Crippen LogP contribution in [-0.4, -0.2) is 14.6 Å². The van der Waals surface area contributed by atoms with Crippen LogP contribution in [0, 0.1) is 0 Å². The van der Waals surface area contributed by atoms with Gasteiger partial charge in [-0.3, -0.25) is 0 Å². The smallest absolute Gasteiger partial charge is 0.171 e. The molecule has 0 atom stereocenters. The molecule has 0 aliphatic rings. The molecular formula is C8H7BrClN3. The number of rotatable bonds is 1. The molecule has 2 aromatic rings. The first kappa shape index (κ1) is 8.97. The van der Waals surface area contributed by atoms with E-state index >= 15 is 0 Å². The second-order valence-electron chi connectivity index (χ2n) is 2.63. The fourth-order valence-corrected chi connectivity index (χ4v) is 1.92. The topological polar surface area (TPSA) is 30.2 Å². The Bertz CT molecular complexity index is 452. The Kier molecular flexibility index (Phi) is 2.26. The van der Waals surface area contributed by atoms with Gasteiger partial charge in [0.15, 0.2) is 5.65 Å². The molecule has 0 aromatic carbocycles. The van der Waals surface area contributed by atoms with Crippen LogP contribution < -0.4 is 0 Å².